The number of anilines is 6. The van der Waals surface area contributed by atoms with E-state index in [1.807, 2.05) is 24.3 Å². The zero-order valence-corrected chi connectivity index (χ0v) is 31.9. The van der Waals surface area contributed by atoms with Gasteiger partial charge < -0.3 is 23.2 Å². The van der Waals surface area contributed by atoms with E-state index < -0.39 is 0 Å². The molecule has 12 aromatic rings. The first kappa shape index (κ1) is 33.2. The van der Waals surface area contributed by atoms with Crippen molar-refractivity contribution in [2.75, 3.05) is 9.80 Å². The molecule has 0 amide bonds. The molecule has 0 N–H and O–H groups in total. The number of furan rings is 2. The van der Waals surface area contributed by atoms with Crippen LogP contribution in [-0.4, -0.2) is 4.57 Å². The molecule has 59 heavy (non-hydrogen) atoms. The van der Waals surface area contributed by atoms with Crippen molar-refractivity contribution in [1.29, 1.82) is 0 Å². The second kappa shape index (κ2) is 13.3. The van der Waals surface area contributed by atoms with Crippen molar-refractivity contribution < 1.29 is 8.83 Å². The van der Waals surface area contributed by atoms with Crippen LogP contribution < -0.4 is 9.80 Å². The number of rotatable bonds is 7. The van der Waals surface area contributed by atoms with E-state index in [1.54, 1.807) is 0 Å². The summed E-state index contributed by atoms with van der Waals surface area (Å²) < 4.78 is 15.1. The summed E-state index contributed by atoms with van der Waals surface area (Å²) in [4.78, 5) is 4.66. The predicted octanol–water partition coefficient (Wildman–Crippen LogP) is 15.5. The minimum absolute atomic E-state index is 0.871. The highest BCUT2D eigenvalue weighted by Crippen LogP contribution is 2.44. The first-order chi connectivity index (χ1) is 29.2. The van der Waals surface area contributed by atoms with Gasteiger partial charge in [-0.2, -0.15) is 0 Å². The van der Waals surface area contributed by atoms with Crippen molar-refractivity contribution in [3.8, 4) is 5.69 Å². The topological polar surface area (TPSA) is 37.7 Å². The SMILES string of the molecule is c1ccc(N(c2cccc(-n3c4cc(N(c5ccccc5)c5ccccc5)ccc4c4cc5oc6ccccc6c5cc43)c2)c2ccc3oc4ccccc4c3c2)cc1. The van der Waals surface area contributed by atoms with E-state index in [0.717, 1.165) is 105 Å². The summed E-state index contributed by atoms with van der Waals surface area (Å²) in [6.07, 6.45) is 0. The molecule has 0 fully saturated rings. The van der Waals surface area contributed by atoms with Crippen LogP contribution in [-0.2, 0) is 0 Å². The fourth-order valence-electron chi connectivity index (χ4n) is 8.89. The number of aromatic nitrogens is 1. The molecule has 0 unspecified atom stereocenters. The van der Waals surface area contributed by atoms with Gasteiger partial charge in [-0.25, -0.2) is 0 Å². The molecule has 9 aromatic carbocycles. The Hall–Kier alpha value is -8.02. The van der Waals surface area contributed by atoms with E-state index in [2.05, 4.69) is 202 Å². The van der Waals surface area contributed by atoms with Gasteiger partial charge in [0.05, 0.1) is 11.0 Å². The van der Waals surface area contributed by atoms with E-state index in [0.29, 0.717) is 0 Å². The van der Waals surface area contributed by atoms with E-state index >= 15 is 0 Å². The van der Waals surface area contributed by atoms with Gasteiger partial charge in [-0.3, -0.25) is 0 Å². The maximum absolute atomic E-state index is 6.47. The second-order valence-electron chi connectivity index (χ2n) is 15.0. The molecule has 12 rings (SSSR count). The fourth-order valence-corrected chi connectivity index (χ4v) is 8.89. The summed E-state index contributed by atoms with van der Waals surface area (Å²) in [5.41, 5.74) is 13.2. The van der Waals surface area contributed by atoms with Crippen LogP contribution in [0.25, 0.3) is 71.4 Å². The minimum Gasteiger partial charge on any atom is -0.456 e. The Balaban J connectivity index is 1.11. The molecular weight excluding hydrogens is 723 g/mol. The predicted molar refractivity (Wildman–Crippen MR) is 245 cm³/mol. The molecule has 0 saturated carbocycles. The highest BCUT2D eigenvalue weighted by Gasteiger charge is 2.21. The lowest BCUT2D eigenvalue weighted by Gasteiger charge is -2.26. The van der Waals surface area contributed by atoms with Gasteiger partial charge in [-0.15, -0.1) is 0 Å². The lowest BCUT2D eigenvalue weighted by atomic mass is 10.1. The standard InChI is InChI=1S/C54H35N3O2/c1-4-15-36(16-5-1)55(37-17-6-2-7-18-37)42-27-29-43-46-35-54-48(45-24-11-13-26-52(45)59-54)34-50(46)57(49(43)33-42)40-22-14-21-39(31-40)56(38-19-8-3-9-20-38)41-28-30-53-47(32-41)44-23-10-12-25-51(44)58-53/h1-35H. The van der Waals surface area contributed by atoms with Crippen LogP contribution >= 0.6 is 0 Å². The van der Waals surface area contributed by atoms with Gasteiger partial charge in [0.15, 0.2) is 0 Å². The summed E-state index contributed by atoms with van der Waals surface area (Å²) in [5.74, 6) is 0. The number of hydrogen-bond donors (Lipinski definition) is 0. The highest BCUT2D eigenvalue weighted by atomic mass is 16.3. The van der Waals surface area contributed by atoms with Crippen LogP contribution in [0.5, 0.6) is 0 Å². The monoisotopic (exact) mass is 757 g/mol. The van der Waals surface area contributed by atoms with Crippen LogP contribution in [0.2, 0.25) is 0 Å². The number of fused-ring (bicyclic) bond motifs is 9. The van der Waals surface area contributed by atoms with E-state index in [1.165, 1.54) is 0 Å². The van der Waals surface area contributed by atoms with Gasteiger partial charge in [-0.05, 0) is 109 Å². The van der Waals surface area contributed by atoms with Crippen LogP contribution in [0.1, 0.15) is 0 Å². The largest absolute Gasteiger partial charge is 0.456 e. The zero-order valence-electron chi connectivity index (χ0n) is 31.9. The summed E-state index contributed by atoms with van der Waals surface area (Å²) in [6.45, 7) is 0. The van der Waals surface area contributed by atoms with Crippen molar-refractivity contribution in [3.05, 3.63) is 212 Å². The Labute approximate surface area is 339 Å². The highest BCUT2D eigenvalue weighted by molar-refractivity contribution is 6.17. The minimum atomic E-state index is 0.871. The third-order valence-corrected chi connectivity index (χ3v) is 11.5. The third kappa shape index (κ3) is 5.40. The Morgan fingerprint density at radius 2 is 0.746 bits per heavy atom. The van der Waals surface area contributed by atoms with Crippen molar-refractivity contribution in [2.24, 2.45) is 0 Å². The van der Waals surface area contributed by atoms with Crippen LogP contribution in [0.3, 0.4) is 0 Å². The Kier molecular flexibility index (Phi) is 7.47. The number of hydrogen-bond acceptors (Lipinski definition) is 4. The maximum Gasteiger partial charge on any atom is 0.136 e. The van der Waals surface area contributed by atoms with Crippen LogP contribution in [0.4, 0.5) is 34.1 Å². The third-order valence-electron chi connectivity index (χ3n) is 11.5. The van der Waals surface area contributed by atoms with Crippen molar-refractivity contribution >= 4 is 99.8 Å². The summed E-state index contributed by atoms with van der Waals surface area (Å²) in [7, 11) is 0. The van der Waals surface area contributed by atoms with Gasteiger partial charge in [0, 0.05) is 72.1 Å². The molecule has 0 spiro atoms. The summed E-state index contributed by atoms with van der Waals surface area (Å²) in [6, 6.07) is 75.0. The van der Waals surface area contributed by atoms with Gasteiger partial charge in [0.2, 0.25) is 0 Å². The molecule has 0 aliphatic heterocycles. The van der Waals surface area contributed by atoms with Crippen LogP contribution in [0, 0.1) is 0 Å². The molecule has 3 aromatic heterocycles. The quantitative estimate of drug-likeness (QED) is 0.162. The molecule has 0 aliphatic carbocycles. The van der Waals surface area contributed by atoms with Gasteiger partial charge in [0.25, 0.3) is 0 Å². The molecule has 0 atom stereocenters. The second-order valence-corrected chi connectivity index (χ2v) is 15.0. The molecule has 0 saturated heterocycles. The fraction of sp³-hybridized carbons (Fsp3) is 0. The Morgan fingerprint density at radius 1 is 0.271 bits per heavy atom. The average molecular weight is 758 g/mol. The average Bonchev–Trinajstić information content (AvgIpc) is 3.96. The Morgan fingerprint density at radius 3 is 1.41 bits per heavy atom. The molecule has 5 heteroatoms. The normalized spacial score (nSPS) is 11.7. The van der Waals surface area contributed by atoms with Crippen molar-refractivity contribution in [3.63, 3.8) is 0 Å². The smallest absolute Gasteiger partial charge is 0.136 e. The molecule has 0 aliphatic rings. The molecular formula is C54H35N3O2. The first-order valence-electron chi connectivity index (χ1n) is 19.9. The van der Waals surface area contributed by atoms with Crippen molar-refractivity contribution in [1.82, 2.24) is 4.57 Å². The number of benzene rings is 9. The van der Waals surface area contributed by atoms with E-state index in [4.69, 9.17) is 8.83 Å². The van der Waals surface area contributed by atoms with Crippen molar-refractivity contribution in [2.45, 2.75) is 0 Å². The van der Waals surface area contributed by atoms with Crippen LogP contribution in [0.15, 0.2) is 221 Å². The zero-order chi connectivity index (χ0) is 38.9. The van der Waals surface area contributed by atoms with Gasteiger partial charge >= 0.3 is 0 Å². The van der Waals surface area contributed by atoms with Gasteiger partial charge in [-0.1, -0.05) is 103 Å². The van der Waals surface area contributed by atoms with E-state index in [9.17, 15) is 0 Å². The number of nitrogens with zero attached hydrogens (tertiary/aromatic N) is 3. The molecule has 3 heterocycles. The van der Waals surface area contributed by atoms with E-state index in [-0.39, 0.29) is 0 Å². The Bertz CT molecular complexity index is 3470. The van der Waals surface area contributed by atoms with Gasteiger partial charge in [0.1, 0.15) is 22.3 Å². The molecule has 5 nitrogen and oxygen atoms in total. The molecule has 0 bridgehead atoms. The lowest BCUT2D eigenvalue weighted by Crippen LogP contribution is -2.10. The molecule has 0 radical (unpaired) electrons. The summed E-state index contributed by atoms with van der Waals surface area (Å²) >= 11 is 0. The summed E-state index contributed by atoms with van der Waals surface area (Å²) in [5, 5.41) is 6.66. The molecule has 278 valence electrons. The lowest BCUT2D eigenvalue weighted by molar-refractivity contribution is 0.669. The first-order valence-corrected chi connectivity index (χ1v) is 19.9. The maximum atomic E-state index is 6.47. The number of para-hydroxylation sites is 5.